The van der Waals surface area contributed by atoms with E-state index in [-0.39, 0.29) is 5.69 Å². The van der Waals surface area contributed by atoms with Crippen molar-refractivity contribution in [2.45, 2.75) is 0 Å². The maximum Gasteiger partial charge on any atom is 0.356 e. The van der Waals surface area contributed by atoms with Crippen LogP contribution in [-0.2, 0) is 0 Å². The van der Waals surface area contributed by atoms with Gasteiger partial charge in [0, 0.05) is 0 Å². The van der Waals surface area contributed by atoms with Gasteiger partial charge in [0.05, 0.1) is 16.9 Å². The van der Waals surface area contributed by atoms with Gasteiger partial charge >= 0.3 is 5.97 Å². The second-order valence-electron chi connectivity index (χ2n) is 3.64. The van der Waals surface area contributed by atoms with Crippen LogP contribution in [0.2, 0.25) is 5.02 Å². The lowest BCUT2D eigenvalue weighted by Gasteiger charge is -2.07. The normalized spacial score (nSPS) is 10.3. The van der Waals surface area contributed by atoms with Crippen LogP contribution >= 0.6 is 11.6 Å². The molecule has 0 fully saturated rings. The van der Waals surface area contributed by atoms with Crippen LogP contribution < -0.4 is 5.32 Å². The van der Waals surface area contributed by atoms with Gasteiger partial charge < -0.3 is 10.4 Å². The molecule has 0 radical (unpaired) electrons. The van der Waals surface area contributed by atoms with Crippen LogP contribution in [0.5, 0.6) is 0 Å². The van der Waals surface area contributed by atoms with Crippen LogP contribution in [0.4, 0.5) is 14.5 Å². The summed E-state index contributed by atoms with van der Waals surface area (Å²) < 4.78 is 27.1. The topological polar surface area (TPSA) is 95.1 Å². The van der Waals surface area contributed by atoms with E-state index in [1.165, 1.54) is 0 Å². The second kappa shape index (κ2) is 5.25. The Morgan fingerprint density at radius 1 is 1.35 bits per heavy atom. The molecule has 3 N–H and O–H groups in total. The van der Waals surface area contributed by atoms with Crippen molar-refractivity contribution in [1.82, 2.24) is 10.2 Å². The number of hydrogen-bond acceptors (Lipinski definition) is 3. The Balaban J connectivity index is 2.36. The van der Waals surface area contributed by atoms with Crippen LogP contribution in [0.25, 0.3) is 0 Å². The molecule has 104 valence electrons. The molecule has 9 heteroatoms. The highest BCUT2D eigenvalue weighted by atomic mass is 35.5. The van der Waals surface area contributed by atoms with Gasteiger partial charge in [-0.3, -0.25) is 9.89 Å². The molecule has 20 heavy (non-hydrogen) atoms. The summed E-state index contributed by atoms with van der Waals surface area (Å²) in [6.07, 6.45) is 1.00. The minimum absolute atomic E-state index is 0.221. The summed E-state index contributed by atoms with van der Waals surface area (Å²) in [5.74, 6) is -4.91. The zero-order valence-corrected chi connectivity index (χ0v) is 10.3. The lowest BCUT2D eigenvalue weighted by Crippen LogP contribution is -2.17. The Bertz CT molecular complexity index is 702. The lowest BCUT2D eigenvalue weighted by molar-refractivity contribution is 0.0691. The summed E-state index contributed by atoms with van der Waals surface area (Å²) >= 11 is 5.46. The van der Waals surface area contributed by atoms with Crippen molar-refractivity contribution < 1.29 is 23.5 Å². The molecule has 2 aromatic rings. The smallest absolute Gasteiger partial charge is 0.356 e. The highest BCUT2D eigenvalue weighted by molar-refractivity contribution is 6.31. The van der Waals surface area contributed by atoms with Gasteiger partial charge in [-0.2, -0.15) is 5.10 Å². The van der Waals surface area contributed by atoms with Gasteiger partial charge in [0.1, 0.15) is 11.4 Å². The van der Waals surface area contributed by atoms with Crippen LogP contribution in [0, 0.1) is 11.6 Å². The lowest BCUT2D eigenvalue weighted by atomic mass is 10.1. The molecule has 0 atom stereocenters. The zero-order valence-electron chi connectivity index (χ0n) is 9.58. The van der Waals surface area contributed by atoms with Crippen molar-refractivity contribution in [3.8, 4) is 0 Å². The summed E-state index contributed by atoms with van der Waals surface area (Å²) in [6, 6.07) is 1.79. The standard InChI is InChI=1S/C11H6ClF2N3O3/c12-4-1-2-5(13)7(8(4)14)10(18)16-6-3-15-17-9(6)11(19)20/h1-3H,(H,15,17)(H,16,18)(H,19,20). The van der Waals surface area contributed by atoms with Crippen molar-refractivity contribution in [2.24, 2.45) is 0 Å². The number of rotatable bonds is 3. The first-order valence-corrected chi connectivity index (χ1v) is 5.51. The van der Waals surface area contributed by atoms with E-state index in [1.807, 2.05) is 5.32 Å². The number of benzene rings is 1. The van der Waals surface area contributed by atoms with Crippen LogP contribution in [0.1, 0.15) is 20.8 Å². The Labute approximate surface area is 115 Å². The fourth-order valence-corrected chi connectivity index (χ4v) is 1.62. The number of anilines is 1. The Morgan fingerprint density at radius 3 is 2.70 bits per heavy atom. The van der Waals surface area contributed by atoms with Crippen molar-refractivity contribution in [2.75, 3.05) is 5.32 Å². The molecule has 1 amide bonds. The molecule has 0 spiro atoms. The van der Waals surface area contributed by atoms with E-state index in [0.29, 0.717) is 0 Å². The highest BCUT2D eigenvalue weighted by Crippen LogP contribution is 2.22. The maximum atomic E-state index is 13.6. The molecule has 0 aliphatic rings. The molecular formula is C11H6ClF2N3O3. The zero-order chi connectivity index (χ0) is 14.9. The minimum atomic E-state index is -1.38. The molecule has 0 saturated carbocycles. The summed E-state index contributed by atoms with van der Waals surface area (Å²) in [6.45, 7) is 0. The molecule has 2 rings (SSSR count). The van der Waals surface area contributed by atoms with Crippen LogP contribution in [0.3, 0.4) is 0 Å². The predicted octanol–water partition coefficient (Wildman–Crippen LogP) is 2.29. The van der Waals surface area contributed by atoms with E-state index < -0.39 is 39.8 Å². The SMILES string of the molecule is O=C(O)c1[nH]ncc1NC(=O)c1c(F)ccc(Cl)c1F. The summed E-state index contributed by atoms with van der Waals surface area (Å²) in [4.78, 5) is 22.6. The third kappa shape index (κ3) is 2.45. The van der Waals surface area contributed by atoms with E-state index in [0.717, 1.165) is 18.3 Å². The molecule has 0 aliphatic heterocycles. The Morgan fingerprint density at radius 2 is 2.05 bits per heavy atom. The number of carbonyl (C=O) groups is 2. The number of carboxylic acids is 1. The first kappa shape index (κ1) is 13.9. The summed E-state index contributed by atoms with van der Waals surface area (Å²) in [7, 11) is 0. The van der Waals surface area contributed by atoms with Gasteiger partial charge in [-0.15, -0.1) is 0 Å². The Kier molecular flexibility index (Phi) is 3.66. The van der Waals surface area contributed by atoms with Gasteiger partial charge in [0.15, 0.2) is 11.5 Å². The van der Waals surface area contributed by atoms with Crippen molar-refractivity contribution >= 4 is 29.2 Å². The van der Waals surface area contributed by atoms with Gasteiger partial charge in [-0.25, -0.2) is 13.6 Å². The van der Waals surface area contributed by atoms with E-state index in [9.17, 15) is 18.4 Å². The van der Waals surface area contributed by atoms with Crippen LogP contribution in [-0.4, -0.2) is 27.2 Å². The monoisotopic (exact) mass is 301 g/mol. The number of H-pyrrole nitrogens is 1. The first-order valence-electron chi connectivity index (χ1n) is 5.13. The number of nitrogens with zero attached hydrogens (tertiary/aromatic N) is 1. The van der Waals surface area contributed by atoms with Crippen molar-refractivity contribution in [3.63, 3.8) is 0 Å². The van der Waals surface area contributed by atoms with Gasteiger partial charge in [0.2, 0.25) is 0 Å². The predicted molar refractivity (Wildman–Crippen MR) is 64.9 cm³/mol. The molecule has 6 nitrogen and oxygen atoms in total. The van der Waals surface area contributed by atoms with E-state index in [4.69, 9.17) is 16.7 Å². The number of aromatic amines is 1. The van der Waals surface area contributed by atoms with Crippen LogP contribution in [0.15, 0.2) is 18.3 Å². The highest BCUT2D eigenvalue weighted by Gasteiger charge is 2.22. The first-order chi connectivity index (χ1) is 9.41. The molecule has 0 aliphatic carbocycles. The van der Waals surface area contributed by atoms with Gasteiger partial charge in [0.25, 0.3) is 5.91 Å². The number of nitrogens with one attached hydrogen (secondary N) is 2. The summed E-state index contributed by atoms with van der Waals surface area (Å²) in [5, 5.41) is 16.0. The van der Waals surface area contributed by atoms with Gasteiger partial charge in [-0.05, 0) is 12.1 Å². The molecule has 0 bridgehead atoms. The third-order valence-electron chi connectivity index (χ3n) is 2.37. The average Bonchev–Trinajstić information content (AvgIpc) is 2.82. The Hall–Kier alpha value is -2.48. The van der Waals surface area contributed by atoms with Gasteiger partial charge in [-0.1, -0.05) is 11.6 Å². The third-order valence-corrected chi connectivity index (χ3v) is 2.66. The maximum absolute atomic E-state index is 13.6. The number of carboxylic acid groups (broad SMARTS) is 1. The van der Waals surface area contributed by atoms with Crippen molar-refractivity contribution in [1.29, 1.82) is 0 Å². The number of aromatic nitrogens is 2. The largest absolute Gasteiger partial charge is 0.476 e. The average molecular weight is 302 g/mol. The number of hydrogen-bond donors (Lipinski definition) is 3. The second-order valence-corrected chi connectivity index (χ2v) is 4.04. The quantitative estimate of drug-likeness (QED) is 0.758. The molecule has 1 aromatic heterocycles. The van der Waals surface area contributed by atoms with E-state index >= 15 is 0 Å². The number of halogens is 3. The molecule has 1 heterocycles. The van der Waals surface area contributed by atoms with Crippen molar-refractivity contribution in [3.05, 3.63) is 46.2 Å². The summed E-state index contributed by atoms with van der Waals surface area (Å²) in [5.41, 5.74) is -1.54. The van der Waals surface area contributed by atoms with E-state index in [1.54, 1.807) is 0 Å². The number of aromatic carboxylic acids is 1. The molecule has 0 saturated heterocycles. The minimum Gasteiger partial charge on any atom is -0.476 e. The molecule has 0 unspecified atom stereocenters. The fraction of sp³-hybridized carbons (Fsp3) is 0. The molecule has 1 aromatic carbocycles. The molecular weight excluding hydrogens is 296 g/mol. The fourth-order valence-electron chi connectivity index (χ4n) is 1.46. The number of carbonyl (C=O) groups excluding carboxylic acids is 1. The van der Waals surface area contributed by atoms with E-state index in [2.05, 4.69) is 10.2 Å². The number of amides is 1.